The highest BCUT2D eigenvalue weighted by atomic mass is 35.5. The van der Waals surface area contributed by atoms with Crippen molar-refractivity contribution in [1.29, 1.82) is 0 Å². The molecule has 4 rings (SSSR count). The molecule has 2 aromatic rings. The normalized spacial score (nSPS) is 19.0. The van der Waals surface area contributed by atoms with E-state index < -0.39 is 11.8 Å². The molecule has 2 aliphatic heterocycles. The molecule has 0 aromatic heterocycles. The molecule has 2 heterocycles. The summed E-state index contributed by atoms with van der Waals surface area (Å²) in [5, 5.41) is 2.83. The Hall–Kier alpha value is -3.12. The molecule has 0 spiro atoms. The maximum atomic E-state index is 13.1. The van der Waals surface area contributed by atoms with Gasteiger partial charge in [0.15, 0.2) is 0 Å². The molecule has 1 unspecified atom stereocenters. The van der Waals surface area contributed by atoms with Gasteiger partial charge in [0, 0.05) is 23.8 Å². The number of likely N-dealkylation sites (tertiary alicyclic amines) is 1. The molecule has 6 nitrogen and oxygen atoms in total. The summed E-state index contributed by atoms with van der Waals surface area (Å²) in [6, 6.07) is 16.5. The minimum Gasteiger partial charge on any atom is -0.350 e. The highest BCUT2D eigenvalue weighted by Gasteiger charge is 2.38. The number of amides is 3. The van der Waals surface area contributed by atoms with E-state index in [4.69, 9.17) is 11.6 Å². The number of carbonyl (C=O) groups is 3. The number of piperidine rings is 1. The molecule has 1 atom stereocenters. The summed E-state index contributed by atoms with van der Waals surface area (Å²) >= 11 is 6.23. The van der Waals surface area contributed by atoms with Gasteiger partial charge in [-0.25, -0.2) is 0 Å². The van der Waals surface area contributed by atoms with Crippen LogP contribution in [0.2, 0.25) is 0 Å². The van der Waals surface area contributed by atoms with E-state index in [2.05, 4.69) is 12.2 Å². The Kier molecular flexibility index (Phi) is 6.61. The van der Waals surface area contributed by atoms with Crippen molar-refractivity contribution in [3.8, 4) is 0 Å². The lowest BCUT2D eigenvalue weighted by atomic mass is 9.99. The number of anilines is 1. The lowest BCUT2D eigenvalue weighted by molar-refractivity contribution is -0.138. The van der Waals surface area contributed by atoms with E-state index in [0.29, 0.717) is 11.3 Å². The number of halogens is 1. The molecular weight excluding hydrogens is 426 g/mol. The van der Waals surface area contributed by atoms with Gasteiger partial charge in [0.05, 0.1) is 6.54 Å². The van der Waals surface area contributed by atoms with Crippen molar-refractivity contribution >= 4 is 35.0 Å². The third kappa shape index (κ3) is 4.41. The second-order valence-electron chi connectivity index (χ2n) is 8.13. The first kappa shape index (κ1) is 22.1. The number of imide groups is 1. The van der Waals surface area contributed by atoms with Crippen LogP contribution < -0.4 is 5.32 Å². The first-order chi connectivity index (χ1) is 15.5. The van der Waals surface area contributed by atoms with Crippen LogP contribution in [-0.4, -0.2) is 40.1 Å². The predicted octanol–water partition coefficient (Wildman–Crippen LogP) is 4.52. The minimum absolute atomic E-state index is 0.0141. The van der Waals surface area contributed by atoms with E-state index in [1.807, 2.05) is 35.2 Å². The summed E-state index contributed by atoms with van der Waals surface area (Å²) in [4.78, 5) is 41.7. The van der Waals surface area contributed by atoms with Crippen molar-refractivity contribution in [1.82, 2.24) is 9.80 Å². The van der Waals surface area contributed by atoms with Gasteiger partial charge in [-0.2, -0.15) is 0 Å². The van der Waals surface area contributed by atoms with Crippen LogP contribution in [0.4, 0.5) is 5.69 Å². The second kappa shape index (κ2) is 9.57. The molecule has 0 aliphatic carbocycles. The fourth-order valence-corrected chi connectivity index (χ4v) is 4.53. The average Bonchev–Trinajstić information content (AvgIpc) is 3.03. The number of benzene rings is 2. The summed E-state index contributed by atoms with van der Waals surface area (Å²) in [6.07, 6.45) is 4.11. The van der Waals surface area contributed by atoms with E-state index in [1.54, 1.807) is 24.3 Å². The van der Waals surface area contributed by atoms with Crippen LogP contribution in [0, 0.1) is 0 Å². The van der Waals surface area contributed by atoms with E-state index in [1.165, 1.54) is 0 Å². The SMILES string of the molecule is CCC1CCCCN1C(=O)c1cccc(NC2=C(Cl)C(=O)N(Cc3ccccc3)C2=O)c1. The van der Waals surface area contributed by atoms with Crippen molar-refractivity contribution < 1.29 is 14.4 Å². The predicted molar refractivity (Wildman–Crippen MR) is 124 cm³/mol. The lowest BCUT2D eigenvalue weighted by Crippen LogP contribution is -2.43. The Morgan fingerprint density at radius 2 is 1.84 bits per heavy atom. The Labute approximate surface area is 192 Å². The summed E-state index contributed by atoms with van der Waals surface area (Å²) in [5.74, 6) is -1.03. The first-order valence-electron chi connectivity index (χ1n) is 11.0. The van der Waals surface area contributed by atoms with E-state index >= 15 is 0 Å². The molecule has 0 saturated carbocycles. The molecule has 7 heteroatoms. The van der Waals surface area contributed by atoms with Crippen LogP contribution in [0.5, 0.6) is 0 Å². The molecule has 1 N–H and O–H groups in total. The number of hydrogen-bond acceptors (Lipinski definition) is 4. The molecule has 0 radical (unpaired) electrons. The third-order valence-corrected chi connectivity index (χ3v) is 6.38. The molecule has 166 valence electrons. The topological polar surface area (TPSA) is 69.7 Å². The fraction of sp³-hybridized carbons (Fsp3) is 0.320. The van der Waals surface area contributed by atoms with Gasteiger partial charge in [0.25, 0.3) is 17.7 Å². The minimum atomic E-state index is -0.533. The number of nitrogens with one attached hydrogen (secondary N) is 1. The van der Waals surface area contributed by atoms with Crippen molar-refractivity contribution in [3.05, 3.63) is 76.5 Å². The van der Waals surface area contributed by atoms with E-state index in [-0.39, 0.29) is 29.2 Å². The molecule has 2 aromatic carbocycles. The number of nitrogens with zero attached hydrogens (tertiary/aromatic N) is 2. The van der Waals surface area contributed by atoms with Crippen LogP contribution >= 0.6 is 11.6 Å². The highest BCUT2D eigenvalue weighted by Crippen LogP contribution is 2.28. The molecular formula is C25H26ClN3O3. The Morgan fingerprint density at radius 1 is 1.06 bits per heavy atom. The Balaban J connectivity index is 1.51. The average molecular weight is 452 g/mol. The van der Waals surface area contributed by atoms with Gasteiger partial charge in [-0.1, -0.05) is 54.9 Å². The van der Waals surface area contributed by atoms with Gasteiger partial charge in [0.1, 0.15) is 10.7 Å². The first-order valence-corrected chi connectivity index (χ1v) is 11.4. The largest absolute Gasteiger partial charge is 0.350 e. The number of carbonyl (C=O) groups excluding carboxylic acids is 3. The van der Waals surface area contributed by atoms with Gasteiger partial charge in [-0.3, -0.25) is 19.3 Å². The highest BCUT2D eigenvalue weighted by molar-refractivity contribution is 6.48. The Morgan fingerprint density at radius 3 is 2.59 bits per heavy atom. The van der Waals surface area contributed by atoms with Crippen molar-refractivity contribution in [2.45, 2.75) is 45.2 Å². The molecule has 1 saturated heterocycles. The smallest absolute Gasteiger partial charge is 0.279 e. The second-order valence-corrected chi connectivity index (χ2v) is 8.51. The van der Waals surface area contributed by atoms with Gasteiger partial charge < -0.3 is 10.2 Å². The third-order valence-electron chi connectivity index (χ3n) is 6.03. The number of hydrogen-bond donors (Lipinski definition) is 1. The lowest BCUT2D eigenvalue weighted by Gasteiger charge is -2.35. The zero-order valence-corrected chi connectivity index (χ0v) is 18.8. The standard InChI is InChI=1S/C25H26ClN3O3/c1-2-20-13-6-7-14-28(20)23(30)18-11-8-12-19(15-18)27-22-21(26)24(31)29(25(22)32)16-17-9-4-3-5-10-17/h3-5,8-12,15,20,27H,2,6-7,13-14,16H2,1H3. The van der Waals surface area contributed by atoms with Crippen LogP contribution in [0.25, 0.3) is 0 Å². The van der Waals surface area contributed by atoms with Crippen molar-refractivity contribution in [2.24, 2.45) is 0 Å². The van der Waals surface area contributed by atoms with Crippen LogP contribution in [0.15, 0.2) is 65.3 Å². The van der Waals surface area contributed by atoms with Gasteiger partial charge in [-0.15, -0.1) is 0 Å². The fourth-order valence-electron chi connectivity index (χ4n) is 4.30. The van der Waals surface area contributed by atoms with Crippen LogP contribution in [0.1, 0.15) is 48.5 Å². The van der Waals surface area contributed by atoms with Crippen LogP contribution in [-0.2, 0) is 16.1 Å². The maximum Gasteiger partial charge on any atom is 0.279 e. The van der Waals surface area contributed by atoms with Crippen molar-refractivity contribution in [3.63, 3.8) is 0 Å². The Bertz CT molecular complexity index is 1070. The zero-order chi connectivity index (χ0) is 22.7. The summed E-state index contributed by atoms with van der Waals surface area (Å²) in [5.41, 5.74) is 1.95. The quantitative estimate of drug-likeness (QED) is 0.655. The molecule has 3 amide bonds. The van der Waals surface area contributed by atoms with Crippen molar-refractivity contribution in [2.75, 3.05) is 11.9 Å². The summed E-state index contributed by atoms with van der Waals surface area (Å²) in [7, 11) is 0. The van der Waals surface area contributed by atoms with Gasteiger partial charge in [-0.05, 0) is 49.4 Å². The van der Waals surface area contributed by atoms with E-state index in [0.717, 1.165) is 42.7 Å². The molecule has 0 bridgehead atoms. The molecule has 32 heavy (non-hydrogen) atoms. The maximum absolute atomic E-state index is 13.1. The van der Waals surface area contributed by atoms with Gasteiger partial charge in [0.2, 0.25) is 0 Å². The van der Waals surface area contributed by atoms with Gasteiger partial charge >= 0.3 is 0 Å². The monoisotopic (exact) mass is 451 g/mol. The summed E-state index contributed by atoms with van der Waals surface area (Å²) < 4.78 is 0. The summed E-state index contributed by atoms with van der Waals surface area (Å²) in [6.45, 7) is 3.01. The zero-order valence-electron chi connectivity index (χ0n) is 18.0. The molecule has 1 fully saturated rings. The number of rotatable bonds is 6. The van der Waals surface area contributed by atoms with E-state index in [9.17, 15) is 14.4 Å². The molecule has 2 aliphatic rings. The van der Waals surface area contributed by atoms with Crippen LogP contribution in [0.3, 0.4) is 0 Å².